The normalized spacial score (nSPS) is 20.1. The van der Waals surface area contributed by atoms with Crippen molar-refractivity contribution < 1.29 is 9.53 Å². The lowest BCUT2D eigenvalue weighted by Crippen LogP contribution is -2.31. The fourth-order valence-electron chi connectivity index (χ4n) is 2.46. The fourth-order valence-corrected chi connectivity index (χ4v) is 2.46. The van der Waals surface area contributed by atoms with Crippen molar-refractivity contribution >= 4 is 11.5 Å². The molecule has 6 heteroatoms. The predicted octanol–water partition coefficient (Wildman–Crippen LogP) is 1.01. The van der Waals surface area contributed by atoms with Gasteiger partial charge in [0.15, 0.2) is 5.78 Å². The van der Waals surface area contributed by atoms with Crippen molar-refractivity contribution in [1.29, 1.82) is 0 Å². The lowest BCUT2D eigenvalue weighted by Gasteiger charge is -2.19. The Morgan fingerprint density at radius 3 is 2.90 bits per heavy atom. The molecule has 0 saturated carbocycles. The monoisotopic (exact) mass is 279 g/mol. The molecule has 0 radical (unpaired) electrons. The number of carbonyl (C=O) groups excluding carboxylic acids is 1. The maximum atomic E-state index is 12.1. The molecule has 6 nitrogen and oxygen atoms in total. The van der Waals surface area contributed by atoms with Gasteiger partial charge in [0.2, 0.25) is 0 Å². The molecule has 0 aliphatic carbocycles. The molecule has 1 aliphatic heterocycles. The molecule has 20 heavy (non-hydrogen) atoms. The number of aromatic nitrogens is 2. The second kappa shape index (κ2) is 6.17. The van der Waals surface area contributed by atoms with Crippen LogP contribution in [-0.4, -0.2) is 41.9 Å². The van der Waals surface area contributed by atoms with Crippen LogP contribution in [-0.2, 0) is 9.53 Å². The van der Waals surface area contributed by atoms with Gasteiger partial charge in [-0.3, -0.25) is 9.59 Å². The minimum atomic E-state index is -0.508. The average Bonchev–Trinajstić information content (AvgIpc) is 2.94. The maximum absolute atomic E-state index is 12.1. The van der Waals surface area contributed by atoms with Crippen LogP contribution in [0, 0.1) is 0 Å². The van der Waals surface area contributed by atoms with Gasteiger partial charge in [0, 0.05) is 32.7 Å². The van der Waals surface area contributed by atoms with Crippen molar-refractivity contribution in [3.63, 3.8) is 0 Å². The average molecular weight is 279 g/mol. The van der Waals surface area contributed by atoms with Gasteiger partial charge in [0.05, 0.1) is 18.0 Å². The summed E-state index contributed by atoms with van der Waals surface area (Å²) in [6, 6.07) is 1.04. The van der Waals surface area contributed by atoms with Gasteiger partial charge in [-0.05, 0) is 13.3 Å². The maximum Gasteiger partial charge on any atom is 0.269 e. The summed E-state index contributed by atoms with van der Waals surface area (Å²) >= 11 is 0. The van der Waals surface area contributed by atoms with E-state index in [1.54, 1.807) is 33.2 Å². The topological polar surface area (TPSA) is 64.4 Å². The van der Waals surface area contributed by atoms with E-state index in [9.17, 15) is 9.59 Å². The minimum absolute atomic E-state index is 0.00738. The van der Waals surface area contributed by atoms with E-state index in [1.165, 1.54) is 4.68 Å². The number of hydrogen-bond acceptors (Lipinski definition) is 5. The number of anilines is 1. The van der Waals surface area contributed by atoms with Gasteiger partial charge in [-0.25, -0.2) is 4.68 Å². The zero-order valence-corrected chi connectivity index (χ0v) is 12.2. The molecule has 2 rings (SSSR count). The Morgan fingerprint density at radius 1 is 1.60 bits per heavy atom. The second-order valence-electron chi connectivity index (χ2n) is 5.08. The van der Waals surface area contributed by atoms with Crippen molar-refractivity contribution in [2.45, 2.75) is 38.8 Å². The van der Waals surface area contributed by atoms with Crippen LogP contribution in [0.4, 0.5) is 5.69 Å². The molecule has 1 aromatic rings. The van der Waals surface area contributed by atoms with Gasteiger partial charge in [-0.15, -0.1) is 0 Å². The molecule has 0 amide bonds. The van der Waals surface area contributed by atoms with E-state index in [1.807, 2.05) is 0 Å². The van der Waals surface area contributed by atoms with Crippen LogP contribution in [0.3, 0.4) is 0 Å². The molecular formula is C14H21N3O3. The number of nitrogens with zero attached hydrogens (tertiary/aromatic N) is 3. The smallest absolute Gasteiger partial charge is 0.269 e. The molecule has 1 fully saturated rings. The van der Waals surface area contributed by atoms with Crippen LogP contribution in [0.1, 0.15) is 32.7 Å². The fraction of sp³-hybridized carbons (Fsp3) is 0.643. The Bertz CT molecular complexity index is 541. The van der Waals surface area contributed by atoms with Crippen LogP contribution in [0.2, 0.25) is 0 Å². The lowest BCUT2D eigenvalue weighted by atomic mass is 10.2. The van der Waals surface area contributed by atoms with Gasteiger partial charge in [0.25, 0.3) is 5.56 Å². The predicted molar refractivity (Wildman–Crippen MR) is 76.1 cm³/mol. The Balaban J connectivity index is 2.18. The summed E-state index contributed by atoms with van der Waals surface area (Å²) in [5.41, 5.74) is 0.555. The molecule has 1 saturated heterocycles. The van der Waals surface area contributed by atoms with E-state index in [0.717, 1.165) is 25.2 Å². The molecule has 0 aromatic carbocycles. The molecule has 0 N–H and O–H groups in total. The minimum Gasteiger partial charge on any atom is -0.380 e. The highest BCUT2D eigenvalue weighted by atomic mass is 16.5. The summed E-state index contributed by atoms with van der Waals surface area (Å²) in [5, 5.41) is 4.14. The van der Waals surface area contributed by atoms with E-state index in [2.05, 4.69) is 10.00 Å². The van der Waals surface area contributed by atoms with E-state index in [0.29, 0.717) is 6.42 Å². The van der Waals surface area contributed by atoms with Crippen LogP contribution in [0.15, 0.2) is 17.1 Å². The highest BCUT2D eigenvalue weighted by Crippen LogP contribution is 2.19. The van der Waals surface area contributed by atoms with Gasteiger partial charge in [0.1, 0.15) is 6.04 Å². The number of carbonyl (C=O) groups is 1. The third-order valence-electron chi connectivity index (χ3n) is 3.84. The number of Topliss-reactive ketones (excluding diaryl/α,β-unsaturated/α-hetero) is 1. The van der Waals surface area contributed by atoms with Crippen LogP contribution in [0.25, 0.3) is 0 Å². The highest BCUT2D eigenvalue weighted by molar-refractivity contribution is 5.81. The van der Waals surface area contributed by atoms with Gasteiger partial charge >= 0.3 is 0 Å². The molecular weight excluding hydrogens is 258 g/mol. The zero-order chi connectivity index (χ0) is 14.7. The first kappa shape index (κ1) is 14.7. The van der Waals surface area contributed by atoms with Crippen LogP contribution < -0.4 is 10.5 Å². The summed E-state index contributed by atoms with van der Waals surface area (Å²) in [6.45, 7) is 5.11. The van der Waals surface area contributed by atoms with E-state index >= 15 is 0 Å². The van der Waals surface area contributed by atoms with Crippen molar-refractivity contribution in [3.05, 3.63) is 22.6 Å². The molecule has 0 bridgehead atoms. The van der Waals surface area contributed by atoms with Gasteiger partial charge in [-0.2, -0.15) is 5.10 Å². The molecule has 0 spiro atoms. The Kier molecular flexibility index (Phi) is 4.54. The number of rotatable bonds is 5. The van der Waals surface area contributed by atoms with Crippen molar-refractivity contribution in [2.24, 2.45) is 0 Å². The second-order valence-corrected chi connectivity index (χ2v) is 5.08. The summed E-state index contributed by atoms with van der Waals surface area (Å²) in [6.07, 6.45) is 3.21. The molecule has 2 atom stereocenters. The third kappa shape index (κ3) is 2.90. The number of hydrogen-bond donors (Lipinski definition) is 0. The number of methoxy groups -OCH3 is 1. The van der Waals surface area contributed by atoms with E-state index in [4.69, 9.17) is 4.74 Å². The van der Waals surface area contributed by atoms with Gasteiger partial charge in [-0.1, -0.05) is 6.92 Å². The van der Waals surface area contributed by atoms with Gasteiger partial charge < -0.3 is 9.64 Å². The SMILES string of the molecule is CCC(=O)C(C)n1ncc(N2CCC(OC)C2)cc1=O. The first-order chi connectivity index (χ1) is 9.56. The third-order valence-corrected chi connectivity index (χ3v) is 3.84. The molecule has 1 aromatic heterocycles. The standard InChI is InChI=1S/C14H21N3O3/c1-4-13(18)10(2)17-14(19)7-11(8-15-17)16-6-5-12(9-16)20-3/h7-8,10,12H,4-6,9H2,1-3H3. The first-order valence-electron chi connectivity index (χ1n) is 6.96. The zero-order valence-electron chi connectivity index (χ0n) is 12.2. The van der Waals surface area contributed by atoms with E-state index < -0.39 is 6.04 Å². The summed E-state index contributed by atoms with van der Waals surface area (Å²) in [5.74, 6) is 0.00738. The van der Waals surface area contributed by atoms with Crippen molar-refractivity contribution in [3.8, 4) is 0 Å². The molecule has 1 aliphatic rings. The Hall–Kier alpha value is -1.69. The molecule has 2 heterocycles. The Morgan fingerprint density at radius 2 is 2.35 bits per heavy atom. The molecule has 2 unspecified atom stereocenters. The quantitative estimate of drug-likeness (QED) is 0.805. The number of ketones is 1. The van der Waals surface area contributed by atoms with Crippen molar-refractivity contribution in [2.75, 3.05) is 25.1 Å². The highest BCUT2D eigenvalue weighted by Gasteiger charge is 2.23. The number of ether oxygens (including phenoxy) is 1. The lowest BCUT2D eigenvalue weighted by molar-refractivity contribution is -0.121. The van der Waals surface area contributed by atoms with Crippen molar-refractivity contribution in [1.82, 2.24) is 9.78 Å². The summed E-state index contributed by atoms with van der Waals surface area (Å²) in [4.78, 5) is 25.8. The summed E-state index contributed by atoms with van der Waals surface area (Å²) in [7, 11) is 1.70. The molecule has 110 valence electrons. The Labute approximate surface area is 118 Å². The van der Waals surface area contributed by atoms with Crippen LogP contribution in [0.5, 0.6) is 0 Å². The largest absolute Gasteiger partial charge is 0.380 e. The van der Waals surface area contributed by atoms with Crippen LogP contribution >= 0.6 is 0 Å². The summed E-state index contributed by atoms with van der Waals surface area (Å²) < 4.78 is 6.56. The first-order valence-corrected chi connectivity index (χ1v) is 6.96. The van der Waals surface area contributed by atoms with E-state index in [-0.39, 0.29) is 17.4 Å².